The number of amides is 3. The van der Waals surface area contributed by atoms with Crippen LogP contribution in [0.5, 0.6) is 0 Å². The number of halogens is 1. The fraction of sp³-hybridized carbons (Fsp3) is 0.250. The van der Waals surface area contributed by atoms with Gasteiger partial charge in [0.05, 0.1) is 11.6 Å². The molecule has 1 aromatic heterocycles. The van der Waals surface area contributed by atoms with Gasteiger partial charge in [0, 0.05) is 4.47 Å². The first-order valence-corrected chi connectivity index (χ1v) is 7.85. The minimum absolute atomic E-state index is 0.196. The second-order valence-corrected chi connectivity index (χ2v) is 6.07. The summed E-state index contributed by atoms with van der Waals surface area (Å²) in [5.41, 5.74) is 6.03. The molecule has 0 bridgehead atoms. The quantitative estimate of drug-likeness (QED) is 0.714. The summed E-state index contributed by atoms with van der Waals surface area (Å²) in [6.07, 6.45) is 0. The van der Waals surface area contributed by atoms with E-state index in [4.69, 9.17) is 4.42 Å². The third-order valence-corrected chi connectivity index (χ3v) is 3.82. The Hall–Kier alpha value is -2.28. The molecule has 6 nitrogen and oxygen atoms in total. The van der Waals surface area contributed by atoms with E-state index in [-0.39, 0.29) is 6.04 Å². The number of benzene rings is 1. The molecule has 3 amide bonds. The summed E-state index contributed by atoms with van der Waals surface area (Å²) in [4.78, 5) is 23.8. The van der Waals surface area contributed by atoms with Gasteiger partial charge < -0.3 is 9.73 Å². The standard InChI is InChI=1S/C16H18BrN3O3/c1-9-8-14(11(3)23-9)15(21)19-20-16(22)18-10(2)12-4-6-13(17)7-5-12/h4-8,10H,1-3H3,(H,19,21)(H2,18,20,22). The highest BCUT2D eigenvalue weighted by Crippen LogP contribution is 2.16. The first-order valence-electron chi connectivity index (χ1n) is 7.06. The maximum Gasteiger partial charge on any atom is 0.333 e. The van der Waals surface area contributed by atoms with Gasteiger partial charge in [-0.3, -0.25) is 10.2 Å². The van der Waals surface area contributed by atoms with E-state index in [9.17, 15) is 9.59 Å². The molecule has 2 aromatic rings. The molecule has 122 valence electrons. The van der Waals surface area contributed by atoms with Gasteiger partial charge in [0.1, 0.15) is 11.5 Å². The van der Waals surface area contributed by atoms with Crippen LogP contribution < -0.4 is 16.2 Å². The highest BCUT2D eigenvalue weighted by Gasteiger charge is 2.15. The number of carbonyl (C=O) groups is 2. The van der Waals surface area contributed by atoms with Crippen molar-refractivity contribution in [2.75, 3.05) is 0 Å². The summed E-state index contributed by atoms with van der Waals surface area (Å²) in [5, 5.41) is 2.74. The van der Waals surface area contributed by atoms with Crippen LogP contribution in [0.2, 0.25) is 0 Å². The van der Waals surface area contributed by atoms with Crippen molar-refractivity contribution in [2.45, 2.75) is 26.8 Å². The van der Waals surface area contributed by atoms with E-state index in [1.807, 2.05) is 31.2 Å². The highest BCUT2D eigenvalue weighted by molar-refractivity contribution is 9.10. The second kappa shape index (κ2) is 7.32. The predicted molar refractivity (Wildman–Crippen MR) is 89.9 cm³/mol. The number of hydrogen-bond donors (Lipinski definition) is 3. The van der Waals surface area contributed by atoms with Crippen molar-refractivity contribution in [1.82, 2.24) is 16.2 Å². The lowest BCUT2D eigenvalue weighted by Gasteiger charge is -2.15. The molecular weight excluding hydrogens is 362 g/mol. The lowest BCUT2D eigenvalue weighted by atomic mass is 10.1. The summed E-state index contributed by atoms with van der Waals surface area (Å²) in [7, 11) is 0. The van der Waals surface area contributed by atoms with Gasteiger partial charge in [0.25, 0.3) is 5.91 Å². The Morgan fingerprint density at radius 2 is 1.78 bits per heavy atom. The molecule has 0 aliphatic carbocycles. The van der Waals surface area contributed by atoms with Gasteiger partial charge in [-0.1, -0.05) is 28.1 Å². The Labute approximate surface area is 142 Å². The first-order chi connectivity index (χ1) is 10.9. The zero-order valence-corrected chi connectivity index (χ0v) is 14.7. The van der Waals surface area contributed by atoms with Crippen molar-refractivity contribution >= 4 is 27.9 Å². The highest BCUT2D eigenvalue weighted by atomic mass is 79.9. The molecule has 1 heterocycles. The van der Waals surface area contributed by atoms with Gasteiger partial charge in [0.15, 0.2) is 0 Å². The number of rotatable bonds is 3. The van der Waals surface area contributed by atoms with Gasteiger partial charge >= 0.3 is 6.03 Å². The van der Waals surface area contributed by atoms with Crippen LogP contribution in [-0.4, -0.2) is 11.9 Å². The average Bonchev–Trinajstić information content (AvgIpc) is 2.84. The fourth-order valence-corrected chi connectivity index (χ4v) is 2.37. The molecule has 0 fully saturated rings. The monoisotopic (exact) mass is 379 g/mol. The van der Waals surface area contributed by atoms with E-state index in [1.165, 1.54) is 0 Å². The molecule has 0 saturated heterocycles. The average molecular weight is 380 g/mol. The zero-order chi connectivity index (χ0) is 17.0. The zero-order valence-electron chi connectivity index (χ0n) is 13.1. The summed E-state index contributed by atoms with van der Waals surface area (Å²) in [5.74, 6) is 0.720. The molecule has 7 heteroatoms. The van der Waals surface area contributed by atoms with Gasteiger partial charge in [-0.05, 0) is 44.5 Å². The van der Waals surface area contributed by atoms with Crippen LogP contribution in [0.25, 0.3) is 0 Å². The maximum atomic E-state index is 12.0. The van der Waals surface area contributed by atoms with E-state index in [1.54, 1.807) is 19.9 Å². The maximum absolute atomic E-state index is 12.0. The molecule has 0 saturated carbocycles. The number of urea groups is 1. The lowest BCUT2D eigenvalue weighted by Crippen LogP contribution is -2.47. The first kappa shape index (κ1) is 17.1. The van der Waals surface area contributed by atoms with Crippen molar-refractivity contribution in [3.63, 3.8) is 0 Å². The number of aryl methyl sites for hydroxylation is 2. The SMILES string of the molecule is Cc1cc(C(=O)NNC(=O)NC(C)c2ccc(Br)cc2)c(C)o1. The predicted octanol–water partition coefficient (Wildman–Crippen LogP) is 3.36. The topological polar surface area (TPSA) is 83.4 Å². The van der Waals surface area contributed by atoms with Crippen LogP contribution in [-0.2, 0) is 0 Å². The van der Waals surface area contributed by atoms with E-state index in [0.717, 1.165) is 10.0 Å². The Kier molecular flexibility index (Phi) is 5.44. The Balaban J connectivity index is 1.86. The van der Waals surface area contributed by atoms with E-state index in [0.29, 0.717) is 17.1 Å². The van der Waals surface area contributed by atoms with Gasteiger partial charge in [-0.25, -0.2) is 10.2 Å². The summed E-state index contributed by atoms with van der Waals surface area (Å²) >= 11 is 3.36. The third-order valence-electron chi connectivity index (χ3n) is 3.29. The largest absolute Gasteiger partial charge is 0.466 e. The molecule has 1 aromatic carbocycles. The molecule has 1 atom stereocenters. The number of furan rings is 1. The third kappa shape index (κ3) is 4.59. The van der Waals surface area contributed by atoms with Crippen LogP contribution in [0, 0.1) is 13.8 Å². The number of carbonyl (C=O) groups excluding carboxylic acids is 2. The molecule has 23 heavy (non-hydrogen) atoms. The normalized spacial score (nSPS) is 11.7. The second-order valence-electron chi connectivity index (χ2n) is 5.15. The Bertz CT molecular complexity index is 710. The van der Waals surface area contributed by atoms with Crippen LogP contribution in [0.3, 0.4) is 0 Å². The van der Waals surface area contributed by atoms with Crippen LogP contribution in [0.15, 0.2) is 39.2 Å². The number of hydrogen-bond acceptors (Lipinski definition) is 3. The van der Waals surface area contributed by atoms with Crippen molar-refractivity contribution in [1.29, 1.82) is 0 Å². The van der Waals surface area contributed by atoms with Crippen molar-refractivity contribution in [2.24, 2.45) is 0 Å². The van der Waals surface area contributed by atoms with Gasteiger partial charge in [-0.15, -0.1) is 0 Å². The van der Waals surface area contributed by atoms with Crippen molar-refractivity contribution in [3.8, 4) is 0 Å². The number of nitrogens with one attached hydrogen (secondary N) is 3. The summed E-state index contributed by atoms with van der Waals surface area (Å²) < 4.78 is 6.25. The van der Waals surface area contributed by atoms with E-state index in [2.05, 4.69) is 32.1 Å². The summed E-state index contributed by atoms with van der Waals surface area (Å²) in [6.45, 7) is 5.30. The van der Waals surface area contributed by atoms with Gasteiger partial charge in [0.2, 0.25) is 0 Å². The molecule has 1 unspecified atom stereocenters. The Morgan fingerprint density at radius 3 is 2.35 bits per heavy atom. The molecule has 0 aliphatic rings. The summed E-state index contributed by atoms with van der Waals surface area (Å²) in [6, 6.07) is 8.55. The van der Waals surface area contributed by atoms with Crippen molar-refractivity contribution < 1.29 is 14.0 Å². The van der Waals surface area contributed by atoms with Gasteiger partial charge in [-0.2, -0.15) is 0 Å². The lowest BCUT2D eigenvalue weighted by molar-refractivity contribution is 0.0934. The smallest absolute Gasteiger partial charge is 0.333 e. The molecule has 0 radical (unpaired) electrons. The van der Waals surface area contributed by atoms with Crippen molar-refractivity contribution in [3.05, 3.63) is 57.5 Å². The fourth-order valence-electron chi connectivity index (χ4n) is 2.10. The van der Waals surface area contributed by atoms with E-state index < -0.39 is 11.9 Å². The Morgan fingerprint density at radius 1 is 1.13 bits per heavy atom. The van der Waals surface area contributed by atoms with E-state index >= 15 is 0 Å². The molecule has 0 aliphatic heterocycles. The van der Waals surface area contributed by atoms with Crippen LogP contribution in [0.4, 0.5) is 4.79 Å². The van der Waals surface area contributed by atoms with Crippen LogP contribution in [0.1, 0.15) is 40.4 Å². The molecule has 2 rings (SSSR count). The molecule has 3 N–H and O–H groups in total. The molecular formula is C16H18BrN3O3. The van der Waals surface area contributed by atoms with Crippen LogP contribution >= 0.6 is 15.9 Å². The minimum Gasteiger partial charge on any atom is -0.466 e. The minimum atomic E-state index is -0.494. The molecule has 0 spiro atoms. The number of hydrazine groups is 1.